The molecule has 178 valence electrons. The van der Waals surface area contributed by atoms with Gasteiger partial charge in [0.2, 0.25) is 0 Å². The van der Waals surface area contributed by atoms with Gasteiger partial charge in [-0.25, -0.2) is 22.9 Å². The Morgan fingerprint density at radius 1 is 1.09 bits per heavy atom. The van der Waals surface area contributed by atoms with E-state index in [4.69, 9.17) is 0 Å². The lowest BCUT2D eigenvalue weighted by atomic mass is 10.3. The molecular weight excluding hydrogens is 452 g/mol. The predicted octanol–water partition coefficient (Wildman–Crippen LogP) is 4.88. The van der Waals surface area contributed by atoms with Gasteiger partial charge in [-0.1, -0.05) is 31.7 Å². The van der Waals surface area contributed by atoms with Gasteiger partial charge >= 0.3 is 6.03 Å². The Kier molecular flexibility index (Phi) is 7.52. The molecule has 9 nitrogen and oxygen atoms in total. The molecule has 0 aliphatic carbocycles. The van der Waals surface area contributed by atoms with Gasteiger partial charge < -0.3 is 10.6 Å². The van der Waals surface area contributed by atoms with Crippen LogP contribution < -0.4 is 14.9 Å². The summed E-state index contributed by atoms with van der Waals surface area (Å²) < 4.78 is 29.4. The van der Waals surface area contributed by atoms with E-state index in [1.165, 1.54) is 16.0 Å². The van der Waals surface area contributed by atoms with Crippen LogP contribution in [0.4, 0.5) is 21.9 Å². The van der Waals surface area contributed by atoms with E-state index in [9.17, 15) is 13.2 Å². The van der Waals surface area contributed by atoms with Crippen molar-refractivity contribution in [3.63, 3.8) is 0 Å². The molecule has 10 heteroatoms. The molecule has 0 bridgehead atoms. The first-order valence-electron chi connectivity index (χ1n) is 10.6. The molecule has 0 unspecified atom stereocenters. The molecule has 1 aromatic heterocycles. The first-order chi connectivity index (χ1) is 16.1. The summed E-state index contributed by atoms with van der Waals surface area (Å²) in [5.41, 5.74) is 2.40. The molecule has 0 aliphatic heterocycles. The Labute approximate surface area is 199 Å². The van der Waals surface area contributed by atoms with E-state index in [0.717, 1.165) is 6.42 Å². The standard InChI is InChI=1S/C24H28N6O3S/c1-6-16-25-19(4)30-18(3)23(17(2)28-30)34(32,33)29(5)22-14-12-21(13-15-22)27-24(31)26-20-10-8-7-9-11-20/h7-16H,4,6H2,1-3,5H3,(H2,26,27,31). The number of aliphatic imine (C=N–C) groups is 1. The molecule has 0 saturated heterocycles. The number of urea groups is 1. The molecule has 2 amide bonds. The number of carbonyl (C=O) groups is 1. The highest BCUT2D eigenvalue weighted by molar-refractivity contribution is 7.92. The number of anilines is 3. The summed E-state index contributed by atoms with van der Waals surface area (Å²) in [4.78, 5) is 16.5. The molecule has 34 heavy (non-hydrogen) atoms. The van der Waals surface area contributed by atoms with Crippen molar-refractivity contribution in [2.45, 2.75) is 32.1 Å². The number of carbonyl (C=O) groups excluding carboxylic acids is 1. The van der Waals surface area contributed by atoms with E-state index in [1.54, 1.807) is 56.5 Å². The Morgan fingerprint density at radius 2 is 1.68 bits per heavy atom. The second kappa shape index (κ2) is 10.3. The number of aryl methyl sites for hydroxylation is 1. The van der Waals surface area contributed by atoms with Crippen molar-refractivity contribution < 1.29 is 13.2 Å². The zero-order valence-electron chi connectivity index (χ0n) is 19.6. The average Bonchev–Trinajstić information content (AvgIpc) is 3.12. The van der Waals surface area contributed by atoms with Crippen LogP contribution in [-0.2, 0) is 10.0 Å². The van der Waals surface area contributed by atoms with Gasteiger partial charge in [0.1, 0.15) is 10.7 Å². The lowest BCUT2D eigenvalue weighted by Gasteiger charge is -2.20. The van der Waals surface area contributed by atoms with Crippen LogP contribution in [0.15, 0.2) is 71.1 Å². The van der Waals surface area contributed by atoms with Crippen LogP contribution in [0.3, 0.4) is 0 Å². The minimum Gasteiger partial charge on any atom is -0.308 e. The lowest BCUT2D eigenvalue weighted by Crippen LogP contribution is -2.27. The molecule has 3 aromatic rings. The monoisotopic (exact) mass is 480 g/mol. The van der Waals surface area contributed by atoms with E-state index < -0.39 is 16.1 Å². The highest BCUT2D eigenvalue weighted by atomic mass is 32.2. The van der Waals surface area contributed by atoms with Gasteiger partial charge in [0.15, 0.2) is 0 Å². The van der Waals surface area contributed by atoms with Crippen molar-refractivity contribution in [3.05, 3.63) is 72.6 Å². The minimum atomic E-state index is -3.91. The summed E-state index contributed by atoms with van der Waals surface area (Å²) in [5, 5.41) is 9.78. The van der Waals surface area contributed by atoms with Gasteiger partial charge in [0.25, 0.3) is 10.0 Å². The van der Waals surface area contributed by atoms with E-state index in [1.807, 2.05) is 25.1 Å². The van der Waals surface area contributed by atoms with Crippen molar-refractivity contribution >= 4 is 45.2 Å². The zero-order chi connectivity index (χ0) is 24.9. The molecule has 2 aromatic carbocycles. The van der Waals surface area contributed by atoms with Crippen LogP contribution in [0.5, 0.6) is 0 Å². The third kappa shape index (κ3) is 5.34. The maximum Gasteiger partial charge on any atom is 0.323 e. The number of hydrogen-bond donors (Lipinski definition) is 2. The molecule has 0 saturated carbocycles. The fraction of sp³-hybridized carbons (Fsp3) is 0.208. The van der Waals surface area contributed by atoms with Crippen molar-refractivity contribution in [2.24, 2.45) is 4.99 Å². The first kappa shape index (κ1) is 24.7. The first-order valence-corrected chi connectivity index (χ1v) is 12.1. The Morgan fingerprint density at radius 3 is 2.26 bits per heavy atom. The Bertz CT molecular complexity index is 1310. The number of amides is 2. The third-order valence-electron chi connectivity index (χ3n) is 5.03. The van der Waals surface area contributed by atoms with Crippen LogP contribution in [0, 0.1) is 13.8 Å². The SMILES string of the molecule is C=C(N=CCC)n1nc(C)c(S(=O)(=O)N(C)c2ccc(NC(=O)Nc3ccccc3)cc2)c1C. The average molecular weight is 481 g/mol. The number of para-hydroxylation sites is 1. The normalized spacial score (nSPS) is 11.4. The largest absolute Gasteiger partial charge is 0.323 e. The van der Waals surface area contributed by atoms with Crippen molar-refractivity contribution in [1.29, 1.82) is 0 Å². The summed E-state index contributed by atoms with van der Waals surface area (Å²) in [6.45, 7) is 9.13. The maximum atomic E-state index is 13.4. The number of rotatable bonds is 8. The summed E-state index contributed by atoms with van der Waals surface area (Å²) in [6.07, 6.45) is 2.42. The van der Waals surface area contributed by atoms with Gasteiger partial charge in [0, 0.05) is 24.6 Å². The fourth-order valence-corrected chi connectivity index (χ4v) is 4.90. The molecule has 1 heterocycles. The van der Waals surface area contributed by atoms with Crippen molar-refractivity contribution in [3.8, 4) is 0 Å². The number of benzene rings is 2. The lowest BCUT2D eigenvalue weighted by molar-refractivity contribution is 0.262. The number of sulfonamides is 1. The van der Waals surface area contributed by atoms with E-state index in [2.05, 4.69) is 27.3 Å². The molecule has 3 rings (SSSR count). The van der Waals surface area contributed by atoms with Crippen molar-refractivity contribution in [1.82, 2.24) is 9.78 Å². The molecule has 0 aliphatic rings. The van der Waals surface area contributed by atoms with Gasteiger partial charge in [-0.05, 0) is 56.7 Å². The van der Waals surface area contributed by atoms with Gasteiger partial charge in [-0.2, -0.15) is 5.10 Å². The number of hydrogen-bond acceptors (Lipinski definition) is 5. The molecule has 0 fully saturated rings. The van der Waals surface area contributed by atoms with Crippen LogP contribution in [0.1, 0.15) is 24.7 Å². The third-order valence-corrected chi connectivity index (χ3v) is 7.07. The van der Waals surface area contributed by atoms with Crippen LogP contribution in [0.25, 0.3) is 5.82 Å². The number of nitrogens with one attached hydrogen (secondary N) is 2. The second-order valence-corrected chi connectivity index (χ2v) is 9.42. The summed E-state index contributed by atoms with van der Waals surface area (Å²) in [6, 6.07) is 15.2. The fourth-order valence-electron chi connectivity index (χ4n) is 3.35. The quantitative estimate of drug-likeness (QED) is 0.448. The van der Waals surface area contributed by atoms with E-state index in [0.29, 0.717) is 34.3 Å². The highest BCUT2D eigenvalue weighted by Gasteiger charge is 2.29. The summed E-state index contributed by atoms with van der Waals surface area (Å²) in [5.74, 6) is 0.343. The smallest absolute Gasteiger partial charge is 0.308 e. The zero-order valence-corrected chi connectivity index (χ0v) is 20.4. The number of nitrogens with zero attached hydrogens (tertiary/aromatic N) is 4. The topological polar surface area (TPSA) is 109 Å². The second-order valence-electron chi connectivity index (χ2n) is 7.51. The van der Waals surface area contributed by atoms with Crippen LogP contribution in [0.2, 0.25) is 0 Å². The summed E-state index contributed by atoms with van der Waals surface area (Å²) in [7, 11) is -2.43. The van der Waals surface area contributed by atoms with Crippen molar-refractivity contribution in [2.75, 3.05) is 22.0 Å². The highest BCUT2D eigenvalue weighted by Crippen LogP contribution is 2.28. The van der Waals surface area contributed by atoms with Crippen LogP contribution in [-0.4, -0.2) is 37.5 Å². The van der Waals surface area contributed by atoms with Gasteiger partial charge in [-0.3, -0.25) is 4.31 Å². The molecular formula is C24H28N6O3S. The Balaban J connectivity index is 1.78. The van der Waals surface area contributed by atoms with Gasteiger partial charge in [-0.15, -0.1) is 0 Å². The van der Waals surface area contributed by atoms with Crippen LogP contribution >= 0.6 is 0 Å². The van der Waals surface area contributed by atoms with E-state index >= 15 is 0 Å². The minimum absolute atomic E-state index is 0.104. The molecule has 2 N–H and O–H groups in total. The van der Waals surface area contributed by atoms with Gasteiger partial charge in [0.05, 0.1) is 17.1 Å². The molecule has 0 atom stereocenters. The molecule has 0 radical (unpaired) electrons. The predicted molar refractivity (Wildman–Crippen MR) is 137 cm³/mol. The van der Waals surface area contributed by atoms with E-state index in [-0.39, 0.29) is 4.90 Å². The molecule has 0 spiro atoms. The maximum absolute atomic E-state index is 13.4. The summed E-state index contributed by atoms with van der Waals surface area (Å²) >= 11 is 0. The Hall–Kier alpha value is -3.92. The number of aromatic nitrogens is 2.